The van der Waals surface area contributed by atoms with Gasteiger partial charge in [0.05, 0.1) is 12.0 Å². The van der Waals surface area contributed by atoms with Crippen LogP contribution in [0.3, 0.4) is 0 Å². The first-order valence-electron chi connectivity index (χ1n) is 10.9. The molecule has 0 unspecified atom stereocenters. The summed E-state index contributed by atoms with van der Waals surface area (Å²) in [4.78, 5) is 18.9. The Bertz CT molecular complexity index is 1200. The van der Waals surface area contributed by atoms with Gasteiger partial charge in [0.2, 0.25) is 10.0 Å². The maximum atomic E-state index is 13.0. The normalized spacial score (nSPS) is 14.8. The second kappa shape index (κ2) is 10.2. The molecule has 10 nitrogen and oxygen atoms in total. The lowest BCUT2D eigenvalue weighted by Gasteiger charge is -2.25. The third kappa shape index (κ3) is 5.42. The molecule has 1 N–H and O–H groups in total. The number of piperidine rings is 1. The van der Waals surface area contributed by atoms with Crippen LogP contribution in [0.2, 0.25) is 0 Å². The molecule has 0 spiro atoms. The number of benzene rings is 2. The van der Waals surface area contributed by atoms with Crippen LogP contribution in [-0.2, 0) is 21.2 Å². The molecule has 0 bridgehead atoms. The Morgan fingerprint density at radius 1 is 1.09 bits per heavy atom. The summed E-state index contributed by atoms with van der Waals surface area (Å²) in [6, 6.07) is 12.2. The van der Waals surface area contributed by atoms with Crippen molar-refractivity contribution in [1.29, 1.82) is 0 Å². The highest BCUT2D eigenvalue weighted by atomic mass is 32.2. The van der Waals surface area contributed by atoms with Crippen molar-refractivity contribution in [1.82, 2.24) is 24.8 Å². The van der Waals surface area contributed by atoms with Crippen LogP contribution in [0.1, 0.15) is 24.8 Å². The van der Waals surface area contributed by atoms with Gasteiger partial charge in [0, 0.05) is 19.6 Å². The Morgan fingerprint density at radius 2 is 1.85 bits per heavy atom. The van der Waals surface area contributed by atoms with E-state index in [-0.39, 0.29) is 17.4 Å². The first kappa shape index (κ1) is 23.0. The fourth-order valence-electron chi connectivity index (χ4n) is 3.70. The number of carbonyl (C=O) groups excluding carboxylic acids is 1. The third-order valence-corrected chi connectivity index (χ3v) is 7.45. The minimum Gasteiger partial charge on any atom is -0.497 e. The summed E-state index contributed by atoms with van der Waals surface area (Å²) in [5, 5.41) is 10.7. The zero-order valence-electron chi connectivity index (χ0n) is 18.4. The number of aromatic nitrogens is 3. The van der Waals surface area contributed by atoms with Crippen LogP contribution in [0, 0.1) is 0 Å². The molecule has 0 saturated carbocycles. The summed E-state index contributed by atoms with van der Waals surface area (Å²) in [6.45, 7) is 1.21. The number of methoxy groups -OCH3 is 1. The SMILES string of the molecule is COc1ccc(CCNC(=O)COn2nnc3ccc(S(=O)(=O)N4CCCCC4)cc32)cc1. The lowest BCUT2D eigenvalue weighted by molar-refractivity contribution is -0.126. The molecular weight excluding hydrogens is 446 g/mol. The average Bonchev–Trinajstić information content (AvgIpc) is 3.26. The van der Waals surface area contributed by atoms with Gasteiger partial charge >= 0.3 is 0 Å². The zero-order valence-corrected chi connectivity index (χ0v) is 19.3. The monoisotopic (exact) mass is 473 g/mol. The molecule has 0 atom stereocenters. The number of nitrogens with one attached hydrogen (secondary N) is 1. The van der Waals surface area contributed by atoms with Gasteiger partial charge in [-0.25, -0.2) is 8.42 Å². The number of sulfonamides is 1. The molecule has 1 aliphatic heterocycles. The average molecular weight is 474 g/mol. The van der Waals surface area contributed by atoms with E-state index >= 15 is 0 Å². The first-order valence-corrected chi connectivity index (χ1v) is 12.3. The molecule has 3 aromatic rings. The fraction of sp³-hybridized carbons (Fsp3) is 0.409. The number of nitrogens with zero attached hydrogens (tertiary/aromatic N) is 4. The Labute approximate surface area is 192 Å². The van der Waals surface area contributed by atoms with Gasteiger partial charge in [0.1, 0.15) is 16.8 Å². The minimum absolute atomic E-state index is 0.160. The van der Waals surface area contributed by atoms with Gasteiger partial charge in [-0.15, -0.1) is 5.10 Å². The smallest absolute Gasteiger partial charge is 0.260 e. The van der Waals surface area contributed by atoms with Crippen molar-refractivity contribution in [2.75, 3.05) is 33.4 Å². The van der Waals surface area contributed by atoms with Gasteiger partial charge in [-0.3, -0.25) is 4.79 Å². The number of amides is 1. The number of ether oxygens (including phenoxy) is 1. The highest BCUT2D eigenvalue weighted by Gasteiger charge is 2.26. The Hall–Kier alpha value is -3.18. The molecule has 2 heterocycles. The highest BCUT2D eigenvalue weighted by molar-refractivity contribution is 7.89. The molecule has 11 heteroatoms. The summed E-state index contributed by atoms with van der Waals surface area (Å²) < 4.78 is 32.6. The largest absolute Gasteiger partial charge is 0.497 e. The maximum Gasteiger partial charge on any atom is 0.260 e. The molecule has 1 fully saturated rings. The van der Waals surface area contributed by atoms with E-state index in [1.54, 1.807) is 13.2 Å². The maximum absolute atomic E-state index is 13.0. The van der Waals surface area contributed by atoms with E-state index in [2.05, 4.69) is 15.6 Å². The summed E-state index contributed by atoms with van der Waals surface area (Å²) >= 11 is 0. The molecule has 33 heavy (non-hydrogen) atoms. The number of hydrogen-bond acceptors (Lipinski definition) is 7. The van der Waals surface area contributed by atoms with E-state index in [0.717, 1.165) is 35.4 Å². The van der Waals surface area contributed by atoms with Crippen molar-refractivity contribution in [2.45, 2.75) is 30.6 Å². The van der Waals surface area contributed by atoms with Crippen LogP contribution in [-0.4, -0.2) is 67.1 Å². The van der Waals surface area contributed by atoms with Crippen LogP contribution in [0.4, 0.5) is 0 Å². The van der Waals surface area contributed by atoms with Gasteiger partial charge < -0.3 is 14.9 Å². The second-order valence-electron chi connectivity index (χ2n) is 7.80. The predicted octanol–water partition coefficient (Wildman–Crippen LogP) is 1.40. The van der Waals surface area contributed by atoms with Gasteiger partial charge in [0.25, 0.3) is 5.91 Å². The lowest BCUT2D eigenvalue weighted by Crippen LogP contribution is -2.35. The minimum atomic E-state index is -3.60. The molecular formula is C22H27N5O5S. The molecule has 4 rings (SSSR count). The molecule has 2 aromatic carbocycles. The molecule has 0 radical (unpaired) electrons. The summed E-state index contributed by atoms with van der Waals surface area (Å²) in [6.07, 6.45) is 3.42. The van der Waals surface area contributed by atoms with Crippen LogP contribution < -0.4 is 14.9 Å². The van der Waals surface area contributed by atoms with Crippen LogP contribution in [0.5, 0.6) is 5.75 Å². The van der Waals surface area contributed by atoms with E-state index in [1.807, 2.05) is 24.3 Å². The van der Waals surface area contributed by atoms with Gasteiger partial charge in [-0.05, 0) is 60.4 Å². The van der Waals surface area contributed by atoms with Crippen molar-refractivity contribution in [2.24, 2.45) is 0 Å². The number of carbonyl (C=O) groups is 1. The molecule has 1 aliphatic rings. The molecule has 1 aromatic heterocycles. The zero-order chi connectivity index (χ0) is 23.3. The van der Waals surface area contributed by atoms with E-state index in [9.17, 15) is 13.2 Å². The third-order valence-electron chi connectivity index (χ3n) is 5.55. The number of hydrogen-bond donors (Lipinski definition) is 1. The topological polar surface area (TPSA) is 116 Å². The van der Waals surface area contributed by atoms with Crippen LogP contribution in [0.15, 0.2) is 47.4 Å². The van der Waals surface area contributed by atoms with E-state index < -0.39 is 10.0 Å². The number of rotatable bonds is 9. The van der Waals surface area contributed by atoms with E-state index in [0.29, 0.717) is 37.1 Å². The Kier molecular flexibility index (Phi) is 7.09. The van der Waals surface area contributed by atoms with Crippen molar-refractivity contribution in [3.05, 3.63) is 48.0 Å². The predicted molar refractivity (Wildman–Crippen MR) is 121 cm³/mol. The first-order chi connectivity index (χ1) is 16.0. The molecule has 1 saturated heterocycles. The Balaban J connectivity index is 1.35. The standard InChI is InChI=1S/C22H27N5O5S/c1-31-18-7-5-17(6-8-18)11-12-23-22(28)16-32-27-21-15-19(9-10-20(21)24-25-27)33(29,30)26-13-3-2-4-14-26/h5-10,15H,2-4,11-14,16H2,1H3,(H,23,28). The van der Waals surface area contributed by atoms with Crippen LogP contribution >= 0.6 is 0 Å². The van der Waals surface area contributed by atoms with Crippen LogP contribution in [0.25, 0.3) is 11.0 Å². The van der Waals surface area contributed by atoms with Gasteiger partial charge in [0.15, 0.2) is 6.61 Å². The quantitative estimate of drug-likeness (QED) is 0.499. The molecule has 176 valence electrons. The molecule has 1 amide bonds. The summed E-state index contributed by atoms with van der Waals surface area (Å²) in [5.74, 6) is 0.465. The van der Waals surface area contributed by atoms with Crippen molar-refractivity contribution >= 4 is 27.0 Å². The Morgan fingerprint density at radius 3 is 2.58 bits per heavy atom. The molecule has 0 aliphatic carbocycles. The van der Waals surface area contributed by atoms with Crippen molar-refractivity contribution < 1.29 is 22.8 Å². The van der Waals surface area contributed by atoms with Crippen molar-refractivity contribution in [3.63, 3.8) is 0 Å². The van der Waals surface area contributed by atoms with Gasteiger partial charge in [-0.1, -0.05) is 23.4 Å². The second-order valence-corrected chi connectivity index (χ2v) is 9.74. The van der Waals surface area contributed by atoms with Gasteiger partial charge in [-0.2, -0.15) is 4.31 Å². The highest BCUT2D eigenvalue weighted by Crippen LogP contribution is 2.23. The number of fused-ring (bicyclic) bond motifs is 1. The van der Waals surface area contributed by atoms with Crippen molar-refractivity contribution in [3.8, 4) is 5.75 Å². The summed E-state index contributed by atoms with van der Waals surface area (Å²) in [7, 11) is -1.99. The summed E-state index contributed by atoms with van der Waals surface area (Å²) in [5.41, 5.74) is 1.94. The van der Waals surface area contributed by atoms with E-state index in [4.69, 9.17) is 9.57 Å². The lowest BCUT2D eigenvalue weighted by atomic mass is 10.1. The van der Waals surface area contributed by atoms with E-state index in [1.165, 1.54) is 16.4 Å². The fourth-order valence-corrected chi connectivity index (χ4v) is 5.24.